The third-order valence-electron chi connectivity index (χ3n) is 5.46. The maximum atomic E-state index is 13.5. The highest BCUT2D eigenvalue weighted by Crippen LogP contribution is 2.41. The molecule has 0 aliphatic carbocycles. The zero-order valence-electron chi connectivity index (χ0n) is 19.4. The van der Waals surface area contributed by atoms with Crippen LogP contribution in [0.15, 0.2) is 52.7 Å². The first-order chi connectivity index (χ1) is 17.6. The number of benzene rings is 2. The van der Waals surface area contributed by atoms with Crippen LogP contribution in [0, 0.1) is 0 Å². The van der Waals surface area contributed by atoms with Gasteiger partial charge in [-0.1, -0.05) is 11.6 Å². The first-order valence-corrected chi connectivity index (χ1v) is 13.5. The molecule has 1 aliphatic rings. The van der Waals surface area contributed by atoms with E-state index < -0.39 is 45.7 Å². The number of likely N-dealkylation sites (tertiary alicyclic amines) is 1. The average molecular weight is 601 g/mol. The molecular weight excluding hydrogens is 582 g/mol. The lowest BCUT2D eigenvalue weighted by molar-refractivity contribution is -0.274. The summed E-state index contributed by atoms with van der Waals surface area (Å²) in [5.74, 6) is -0.961. The van der Waals surface area contributed by atoms with Crippen LogP contribution in [0.3, 0.4) is 0 Å². The number of thiophene rings is 1. The van der Waals surface area contributed by atoms with E-state index in [1.165, 1.54) is 12.1 Å². The Balaban J connectivity index is 1.57. The van der Waals surface area contributed by atoms with E-state index in [1.807, 2.05) is 11.9 Å². The van der Waals surface area contributed by atoms with Gasteiger partial charge in [-0.05, 0) is 61.5 Å². The van der Waals surface area contributed by atoms with Gasteiger partial charge < -0.3 is 14.4 Å². The van der Waals surface area contributed by atoms with Crippen molar-refractivity contribution in [3.8, 4) is 21.9 Å². The topological polar surface area (TPSA) is 67.9 Å². The Morgan fingerprint density at radius 1 is 1.05 bits per heavy atom. The number of anilines is 1. The van der Waals surface area contributed by atoms with Crippen LogP contribution in [0.1, 0.15) is 12.0 Å². The van der Waals surface area contributed by atoms with Gasteiger partial charge in [-0.15, -0.1) is 24.5 Å². The molecule has 2 heterocycles. The van der Waals surface area contributed by atoms with E-state index in [4.69, 9.17) is 16.3 Å². The molecule has 4 rings (SSSR count). The van der Waals surface area contributed by atoms with Gasteiger partial charge in [0.15, 0.2) is 0 Å². The minimum Gasteiger partial charge on any atom is -0.488 e. The normalized spacial score (nSPS) is 17.0. The molecule has 1 saturated heterocycles. The molecule has 2 aromatic carbocycles. The molecule has 3 aromatic rings. The number of hydrogen-bond acceptors (Lipinski definition) is 6. The SMILES string of the molecule is CN1CC[C@@H](Oc2cc(NS(=O)(=O)c3cc(Cl)c(-c4ccc(OC(F)(F)F)cc4)s3)ccc2C(F)(F)F)C1. The molecule has 1 fully saturated rings. The molecule has 15 heteroatoms. The first-order valence-electron chi connectivity index (χ1n) is 10.9. The van der Waals surface area contributed by atoms with Crippen LogP contribution in [0.4, 0.5) is 32.0 Å². The minimum absolute atomic E-state index is 0.0154. The summed E-state index contributed by atoms with van der Waals surface area (Å²) < 4.78 is 115. The molecule has 1 aromatic heterocycles. The van der Waals surface area contributed by atoms with Gasteiger partial charge in [0.2, 0.25) is 0 Å². The number of halogens is 7. The zero-order valence-corrected chi connectivity index (χ0v) is 21.7. The number of ether oxygens (including phenoxy) is 2. The van der Waals surface area contributed by atoms with Gasteiger partial charge in [-0.3, -0.25) is 4.72 Å². The van der Waals surface area contributed by atoms with E-state index in [1.54, 1.807) is 0 Å². The maximum absolute atomic E-state index is 13.5. The van der Waals surface area contributed by atoms with Crippen molar-refractivity contribution in [3.63, 3.8) is 0 Å². The van der Waals surface area contributed by atoms with Crippen LogP contribution in [-0.2, 0) is 16.2 Å². The van der Waals surface area contributed by atoms with Gasteiger partial charge in [0, 0.05) is 19.2 Å². The van der Waals surface area contributed by atoms with E-state index in [-0.39, 0.29) is 19.8 Å². The summed E-state index contributed by atoms with van der Waals surface area (Å²) in [6, 6.07) is 8.50. The lowest BCUT2D eigenvalue weighted by Crippen LogP contribution is -2.23. The largest absolute Gasteiger partial charge is 0.573 e. The second kappa shape index (κ2) is 10.5. The molecule has 0 saturated carbocycles. The van der Waals surface area contributed by atoms with E-state index in [2.05, 4.69) is 9.46 Å². The number of nitrogens with one attached hydrogen (secondary N) is 1. The van der Waals surface area contributed by atoms with Gasteiger partial charge in [0.25, 0.3) is 10.0 Å². The van der Waals surface area contributed by atoms with Crippen LogP contribution in [0.5, 0.6) is 11.5 Å². The number of rotatable bonds is 7. The van der Waals surface area contributed by atoms with Crippen LogP contribution < -0.4 is 14.2 Å². The minimum atomic E-state index is -4.87. The summed E-state index contributed by atoms with van der Waals surface area (Å²) in [4.78, 5) is 2.16. The summed E-state index contributed by atoms with van der Waals surface area (Å²) in [5.41, 5.74) is -0.851. The molecule has 1 aliphatic heterocycles. The fraction of sp³-hybridized carbons (Fsp3) is 0.304. The molecule has 0 bridgehead atoms. The zero-order chi connectivity index (χ0) is 27.9. The number of sulfonamides is 1. The lowest BCUT2D eigenvalue weighted by atomic mass is 10.1. The van der Waals surface area contributed by atoms with E-state index in [0.717, 1.165) is 47.7 Å². The van der Waals surface area contributed by atoms with Crippen molar-refractivity contribution in [2.24, 2.45) is 0 Å². The number of likely N-dealkylation sites (N-methyl/N-ethyl adjacent to an activating group) is 1. The Kier molecular flexibility index (Phi) is 7.81. The predicted molar refractivity (Wildman–Crippen MR) is 130 cm³/mol. The van der Waals surface area contributed by atoms with Gasteiger partial charge in [0.05, 0.1) is 21.2 Å². The van der Waals surface area contributed by atoms with Crippen molar-refractivity contribution in [1.29, 1.82) is 0 Å². The highest BCUT2D eigenvalue weighted by molar-refractivity contribution is 7.94. The molecule has 0 radical (unpaired) electrons. The Bertz CT molecular complexity index is 1410. The molecule has 1 atom stereocenters. The number of nitrogens with zero attached hydrogens (tertiary/aromatic N) is 1. The van der Waals surface area contributed by atoms with Crippen molar-refractivity contribution < 1.29 is 44.2 Å². The third-order valence-corrected chi connectivity index (χ3v) is 8.91. The van der Waals surface area contributed by atoms with Crippen LogP contribution in [0.2, 0.25) is 5.02 Å². The summed E-state index contributed by atoms with van der Waals surface area (Å²) in [5, 5.41) is 0.0154. The van der Waals surface area contributed by atoms with Crippen molar-refractivity contribution in [1.82, 2.24) is 4.90 Å². The third kappa shape index (κ3) is 6.84. The fourth-order valence-electron chi connectivity index (χ4n) is 3.78. The maximum Gasteiger partial charge on any atom is 0.573 e. The van der Waals surface area contributed by atoms with Gasteiger partial charge >= 0.3 is 12.5 Å². The van der Waals surface area contributed by atoms with Gasteiger partial charge in [-0.25, -0.2) is 8.42 Å². The predicted octanol–water partition coefficient (Wildman–Crippen LogP) is 6.87. The molecule has 6 nitrogen and oxygen atoms in total. The summed E-state index contributed by atoms with van der Waals surface area (Å²) in [7, 11) is -2.48. The van der Waals surface area contributed by atoms with Crippen molar-refractivity contribution in [2.75, 3.05) is 24.9 Å². The Labute approximate surface area is 222 Å². The van der Waals surface area contributed by atoms with Gasteiger partial charge in [-0.2, -0.15) is 13.2 Å². The van der Waals surface area contributed by atoms with Crippen LogP contribution in [0.25, 0.3) is 10.4 Å². The Morgan fingerprint density at radius 2 is 1.74 bits per heavy atom. The molecule has 206 valence electrons. The van der Waals surface area contributed by atoms with Crippen LogP contribution in [-0.4, -0.2) is 45.9 Å². The molecular formula is C23H19ClF6N2O4S2. The molecule has 0 unspecified atom stereocenters. The van der Waals surface area contributed by atoms with E-state index >= 15 is 0 Å². The number of hydrogen-bond donors (Lipinski definition) is 1. The summed E-state index contributed by atoms with van der Waals surface area (Å²) in [6.45, 7) is 1.07. The first kappa shape index (κ1) is 28.3. The Hall–Kier alpha value is -2.68. The van der Waals surface area contributed by atoms with Crippen molar-refractivity contribution in [3.05, 3.63) is 59.1 Å². The summed E-state index contributed by atoms with van der Waals surface area (Å²) >= 11 is 6.93. The highest BCUT2D eigenvalue weighted by atomic mass is 35.5. The second-order valence-electron chi connectivity index (χ2n) is 8.42. The van der Waals surface area contributed by atoms with Crippen molar-refractivity contribution in [2.45, 2.75) is 29.3 Å². The molecule has 1 N–H and O–H groups in total. The molecule has 0 amide bonds. The van der Waals surface area contributed by atoms with E-state index in [0.29, 0.717) is 25.1 Å². The average Bonchev–Trinajstić information content (AvgIpc) is 3.38. The van der Waals surface area contributed by atoms with Crippen LogP contribution >= 0.6 is 22.9 Å². The standard InChI is InChI=1S/C23H19ClF6N2O4S2/c1-32-9-8-16(12-32)35-19-10-14(4-7-17(19)22(25,26)27)31-38(33,34)20-11-18(24)21(37-20)13-2-5-15(6-3-13)36-23(28,29)30/h2-7,10-11,16,31H,8-9,12H2,1H3/t16-/m1/s1. The highest BCUT2D eigenvalue weighted by Gasteiger charge is 2.36. The smallest absolute Gasteiger partial charge is 0.488 e. The quantitative estimate of drug-likeness (QED) is 0.300. The fourth-order valence-corrected chi connectivity index (χ4v) is 6.65. The van der Waals surface area contributed by atoms with E-state index in [9.17, 15) is 34.8 Å². The molecule has 0 spiro atoms. The second-order valence-corrected chi connectivity index (χ2v) is 11.8. The molecule has 38 heavy (non-hydrogen) atoms. The van der Waals surface area contributed by atoms with Crippen molar-refractivity contribution >= 4 is 38.6 Å². The lowest BCUT2D eigenvalue weighted by Gasteiger charge is -2.19. The summed E-state index contributed by atoms with van der Waals surface area (Å²) in [6.07, 6.45) is -9.55. The number of alkyl halides is 6. The Morgan fingerprint density at radius 3 is 2.32 bits per heavy atom. The van der Waals surface area contributed by atoms with Gasteiger partial charge in [0.1, 0.15) is 21.8 Å². The monoisotopic (exact) mass is 600 g/mol.